The van der Waals surface area contributed by atoms with Gasteiger partial charge in [-0.3, -0.25) is 0 Å². The summed E-state index contributed by atoms with van der Waals surface area (Å²) >= 11 is 0. The lowest BCUT2D eigenvalue weighted by Gasteiger charge is -2.13. The van der Waals surface area contributed by atoms with Gasteiger partial charge in [0, 0.05) is 30.5 Å². The van der Waals surface area contributed by atoms with Gasteiger partial charge in [0.05, 0.1) is 12.2 Å². The van der Waals surface area contributed by atoms with Gasteiger partial charge in [-0.1, -0.05) is 30.1 Å². The maximum absolute atomic E-state index is 11.3. The first-order chi connectivity index (χ1) is 17.1. The Morgan fingerprint density at radius 3 is 2.63 bits per heavy atom. The Labute approximate surface area is 205 Å². The van der Waals surface area contributed by atoms with E-state index in [1.807, 2.05) is 36.5 Å². The van der Waals surface area contributed by atoms with E-state index >= 15 is 0 Å². The van der Waals surface area contributed by atoms with Crippen molar-refractivity contribution in [2.24, 2.45) is 11.1 Å². The molecule has 0 amide bonds. The number of ether oxygens (including phenoxy) is 2. The zero-order valence-corrected chi connectivity index (χ0v) is 20.4. The van der Waals surface area contributed by atoms with E-state index < -0.39 is 12.1 Å². The van der Waals surface area contributed by atoms with Gasteiger partial charge in [-0.15, -0.1) is 0 Å². The quantitative estimate of drug-likeness (QED) is 0.299. The summed E-state index contributed by atoms with van der Waals surface area (Å²) in [4.78, 5) is 21.4. The van der Waals surface area contributed by atoms with Gasteiger partial charge in [0.25, 0.3) is 0 Å². The average Bonchev–Trinajstić information content (AvgIpc) is 3.53. The highest BCUT2D eigenvalue weighted by atomic mass is 16.6. The van der Waals surface area contributed by atoms with Crippen LogP contribution in [-0.4, -0.2) is 52.8 Å². The lowest BCUT2D eigenvalue weighted by atomic mass is 9.98. The van der Waals surface area contributed by atoms with E-state index in [1.165, 1.54) is 12.8 Å². The van der Waals surface area contributed by atoms with Gasteiger partial charge in [0.2, 0.25) is 0 Å². The summed E-state index contributed by atoms with van der Waals surface area (Å²) in [7, 11) is 1.59. The van der Waals surface area contributed by atoms with Gasteiger partial charge in [0.1, 0.15) is 30.8 Å². The van der Waals surface area contributed by atoms with E-state index in [1.54, 1.807) is 14.0 Å². The molecule has 1 aromatic carbocycles. The minimum Gasteiger partial charge on any atom is -0.492 e. The van der Waals surface area contributed by atoms with Gasteiger partial charge in [-0.05, 0) is 55.7 Å². The fourth-order valence-corrected chi connectivity index (χ4v) is 4.63. The minimum absolute atomic E-state index is 0.321. The van der Waals surface area contributed by atoms with Crippen LogP contribution in [0.2, 0.25) is 0 Å². The SMILES string of the molecule is CCOC(Cc1ccc(OCCn2ccc3ccc(/C(=N\OC)C4CCCC4)nc32)cc1)C(=O)O. The molecule has 1 N–H and O–H groups in total. The first-order valence-corrected chi connectivity index (χ1v) is 12.2. The van der Waals surface area contributed by atoms with E-state index in [4.69, 9.17) is 19.3 Å². The molecule has 1 saturated carbocycles. The number of hydrogen-bond acceptors (Lipinski definition) is 6. The van der Waals surface area contributed by atoms with E-state index in [-0.39, 0.29) is 0 Å². The minimum atomic E-state index is -0.952. The van der Waals surface area contributed by atoms with Gasteiger partial charge >= 0.3 is 5.97 Å². The second-order valence-electron chi connectivity index (χ2n) is 8.74. The molecular formula is C27H33N3O5. The fourth-order valence-electron chi connectivity index (χ4n) is 4.63. The van der Waals surface area contributed by atoms with Crippen LogP contribution in [0.5, 0.6) is 5.75 Å². The van der Waals surface area contributed by atoms with E-state index in [0.29, 0.717) is 32.1 Å². The third-order valence-corrected chi connectivity index (χ3v) is 6.39. The van der Waals surface area contributed by atoms with Gasteiger partial charge in [-0.2, -0.15) is 0 Å². The lowest BCUT2D eigenvalue weighted by Crippen LogP contribution is -2.26. The molecule has 1 atom stereocenters. The first kappa shape index (κ1) is 24.7. The molecular weight excluding hydrogens is 446 g/mol. The van der Waals surface area contributed by atoms with Crippen molar-refractivity contribution in [1.82, 2.24) is 9.55 Å². The van der Waals surface area contributed by atoms with E-state index in [2.05, 4.69) is 21.9 Å². The Balaban J connectivity index is 1.39. The number of fused-ring (bicyclic) bond motifs is 1. The zero-order chi connectivity index (χ0) is 24.6. The van der Waals surface area contributed by atoms with Crippen LogP contribution in [-0.2, 0) is 27.3 Å². The van der Waals surface area contributed by atoms with Crippen molar-refractivity contribution in [3.8, 4) is 5.75 Å². The number of oxime groups is 1. The molecule has 0 aliphatic heterocycles. The summed E-state index contributed by atoms with van der Waals surface area (Å²) in [6.45, 7) is 3.28. The third kappa shape index (κ3) is 6.19. The van der Waals surface area contributed by atoms with Crippen LogP contribution < -0.4 is 4.74 Å². The summed E-state index contributed by atoms with van der Waals surface area (Å²) in [5.74, 6) is 0.179. The van der Waals surface area contributed by atoms with Crippen molar-refractivity contribution in [3.63, 3.8) is 0 Å². The largest absolute Gasteiger partial charge is 0.492 e. The molecule has 2 aromatic heterocycles. The third-order valence-electron chi connectivity index (χ3n) is 6.39. The van der Waals surface area contributed by atoms with Crippen molar-refractivity contribution in [3.05, 3.63) is 59.9 Å². The van der Waals surface area contributed by atoms with Crippen molar-refractivity contribution in [2.75, 3.05) is 20.3 Å². The number of benzene rings is 1. The number of pyridine rings is 1. The molecule has 4 rings (SSSR count). The number of rotatable bonds is 12. The molecule has 1 unspecified atom stereocenters. The molecule has 35 heavy (non-hydrogen) atoms. The summed E-state index contributed by atoms with van der Waals surface area (Å²) in [6.07, 6.45) is 6.19. The number of carboxylic acid groups (broad SMARTS) is 1. The number of carbonyl (C=O) groups is 1. The molecule has 186 valence electrons. The number of carboxylic acids is 1. The number of aromatic nitrogens is 2. The van der Waals surface area contributed by atoms with Crippen molar-refractivity contribution < 1.29 is 24.2 Å². The van der Waals surface area contributed by atoms with Crippen molar-refractivity contribution in [2.45, 2.75) is 51.7 Å². The number of nitrogens with zero attached hydrogens (tertiary/aromatic N) is 3. The Morgan fingerprint density at radius 2 is 1.94 bits per heavy atom. The predicted molar refractivity (Wildman–Crippen MR) is 134 cm³/mol. The maximum Gasteiger partial charge on any atom is 0.333 e. The van der Waals surface area contributed by atoms with Crippen LogP contribution in [0.1, 0.15) is 43.9 Å². The normalized spacial score (nSPS) is 15.4. The summed E-state index contributed by atoms with van der Waals surface area (Å²) in [6, 6.07) is 13.6. The second kappa shape index (κ2) is 11.8. The monoisotopic (exact) mass is 479 g/mol. The average molecular weight is 480 g/mol. The zero-order valence-electron chi connectivity index (χ0n) is 20.4. The molecule has 2 heterocycles. The maximum atomic E-state index is 11.3. The van der Waals surface area contributed by atoms with Gasteiger partial charge < -0.3 is 24.0 Å². The van der Waals surface area contributed by atoms with Crippen LogP contribution in [0.4, 0.5) is 0 Å². The van der Waals surface area contributed by atoms with E-state index in [9.17, 15) is 9.90 Å². The topological polar surface area (TPSA) is 95.2 Å². The summed E-state index contributed by atoms with van der Waals surface area (Å²) < 4.78 is 13.3. The molecule has 0 bridgehead atoms. The smallest absolute Gasteiger partial charge is 0.333 e. The first-order valence-electron chi connectivity index (χ1n) is 12.2. The predicted octanol–water partition coefficient (Wildman–Crippen LogP) is 4.69. The summed E-state index contributed by atoms with van der Waals surface area (Å²) in [5, 5.41) is 14.7. The highest BCUT2D eigenvalue weighted by Crippen LogP contribution is 2.29. The summed E-state index contributed by atoms with van der Waals surface area (Å²) in [5.41, 5.74) is 3.60. The molecule has 0 radical (unpaired) electrons. The van der Waals surface area contributed by atoms with Crippen LogP contribution >= 0.6 is 0 Å². The van der Waals surface area contributed by atoms with E-state index in [0.717, 1.165) is 46.6 Å². The molecule has 3 aromatic rings. The Morgan fingerprint density at radius 1 is 1.17 bits per heavy atom. The molecule has 8 heteroatoms. The Bertz CT molecular complexity index is 1150. The van der Waals surface area contributed by atoms with Crippen LogP contribution in [0, 0.1) is 5.92 Å². The molecule has 1 aliphatic rings. The Hall–Kier alpha value is -3.39. The molecule has 1 aliphatic carbocycles. The van der Waals surface area contributed by atoms with Crippen molar-refractivity contribution >= 4 is 22.7 Å². The second-order valence-corrected chi connectivity index (χ2v) is 8.74. The van der Waals surface area contributed by atoms with Crippen LogP contribution in [0.3, 0.4) is 0 Å². The standard InChI is InChI=1S/C27H33N3O5/c1-3-34-24(27(31)32)18-19-8-11-22(12-9-19)35-17-16-30-15-14-21-10-13-23(28-26(21)30)25(29-33-2)20-6-4-5-7-20/h8-15,20,24H,3-7,16-18H2,1-2H3,(H,31,32)/b29-25-. The van der Waals surface area contributed by atoms with Gasteiger partial charge in [-0.25, -0.2) is 9.78 Å². The molecule has 8 nitrogen and oxygen atoms in total. The molecule has 0 saturated heterocycles. The van der Waals surface area contributed by atoms with Crippen LogP contribution in [0.15, 0.2) is 53.8 Å². The van der Waals surface area contributed by atoms with Crippen molar-refractivity contribution in [1.29, 1.82) is 0 Å². The van der Waals surface area contributed by atoms with Crippen LogP contribution in [0.25, 0.3) is 11.0 Å². The van der Waals surface area contributed by atoms with Gasteiger partial charge in [0.15, 0.2) is 6.10 Å². The number of aliphatic carboxylic acids is 1. The molecule has 1 fully saturated rings. The highest BCUT2D eigenvalue weighted by Gasteiger charge is 2.24. The lowest BCUT2D eigenvalue weighted by molar-refractivity contribution is -0.149. The number of hydrogen-bond donors (Lipinski definition) is 1. The molecule has 0 spiro atoms. The highest BCUT2D eigenvalue weighted by molar-refractivity contribution is 6.01. The Kier molecular flexibility index (Phi) is 8.36. The fraction of sp³-hybridized carbons (Fsp3) is 0.444.